The van der Waals surface area contributed by atoms with Gasteiger partial charge in [0.1, 0.15) is 0 Å². The van der Waals surface area contributed by atoms with E-state index in [1.54, 1.807) is 24.3 Å². The van der Waals surface area contributed by atoms with E-state index in [2.05, 4.69) is 0 Å². The van der Waals surface area contributed by atoms with Crippen LogP contribution in [0.15, 0.2) is 24.3 Å². The third-order valence-corrected chi connectivity index (χ3v) is 6.52. The van der Waals surface area contributed by atoms with Crippen molar-refractivity contribution < 1.29 is 9.59 Å². The Morgan fingerprint density at radius 3 is 2.43 bits per heavy atom. The highest BCUT2D eigenvalue weighted by Crippen LogP contribution is 2.44. The molecule has 0 N–H and O–H groups in total. The summed E-state index contributed by atoms with van der Waals surface area (Å²) in [7, 11) is 0. The van der Waals surface area contributed by atoms with Crippen LogP contribution in [0.3, 0.4) is 0 Å². The van der Waals surface area contributed by atoms with Crippen LogP contribution in [0.25, 0.3) is 0 Å². The van der Waals surface area contributed by atoms with E-state index in [9.17, 15) is 9.59 Å². The predicted molar refractivity (Wildman–Crippen MR) is 93.8 cm³/mol. The van der Waals surface area contributed by atoms with Gasteiger partial charge in [-0.25, -0.2) is 0 Å². The summed E-state index contributed by atoms with van der Waals surface area (Å²) in [6.07, 6.45) is 2.25. The lowest BCUT2D eigenvalue weighted by molar-refractivity contribution is -0.132. The highest BCUT2D eigenvalue weighted by molar-refractivity contribution is 8.00. The molecule has 23 heavy (non-hydrogen) atoms. The Labute approximate surface area is 146 Å². The largest absolute Gasteiger partial charge is 0.342 e. The van der Waals surface area contributed by atoms with Gasteiger partial charge in [0.25, 0.3) is 5.91 Å². The van der Waals surface area contributed by atoms with Crippen LogP contribution in [0.2, 0.25) is 5.02 Å². The second-order valence-corrected chi connectivity index (χ2v) is 7.89. The van der Waals surface area contributed by atoms with Crippen LogP contribution in [0.4, 0.5) is 0 Å². The SMILES string of the molecule is CCC(=O)N1CCC2(CC1)SCCN2C(=O)c1ccc(Cl)cc1. The summed E-state index contributed by atoms with van der Waals surface area (Å²) < 4.78 is 0. The van der Waals surface area contributed by atoms with Crippen LogP contribution in [-0.4, -0.2) is 51.9 Å². The first-order chi connectivity index (χ1) is 11.1. The fourth-order valence-corrected chi connectivity index (χ4v) is 4.97. The Balaban J connectivity index is 1.74. The summed E-state index contributed by atoms with van der Waals surface area (Å²) in [5.74, 6) is 1.24. The minimum absolute atomic E-state index is 0.0712. The maximum atomic E-state index is 12.9. The van der Waals surface area contributed by atoms with E-state index in [0.29, 0.717) is 17.0 Å². The Hall–Kier alpha value is -1.20. The van der Waals surface area contributed by atoms with E-state index < -0.39 is 0 Å². The highest BCUT2D eigenvalue weighted by atomic mass is 35.5. The average molecular weight is 353 g/mol. The number of hydrogen-bond acceptors (Lipinski definition) is 3. The number of hydrogen-bond donors (Lipinski definition) is 0. The predicted octanol–water partition coefficient (Wildman–Crippen LogP) is 3.26. The normalized spacial score (nSPS) is 20.1. The zero-order valence-electron chi connectivity index (χ0n) is 13.3. The molecule has 0 atom stereocenters. The van der Waals surface area contributed by atoms with Gasteiger partial charge in [0.15, 0.2) is 0 Å². The summed E-state index contributed by atoms with van der Waals surface area (Å²) in [6, 6.07) is 7.09. The number of piperidine rings is 1. The van der Waals surface area contributed by atoms with E-state index in [0.717, 1.165) is 38.2 Å². The third kappa shape index (κ3) is 3.22. The summed E-state index contributed by atoms with van der Waals surface area (Å²) in [6.45, 7) is 4.15. The zero-order valence-corrected chi connectivity index (χ0v) is 14.8. The van der Waals surface area contributed by atoms with Crippen LogP contribution in [-0.2, 0) is 4.79 Å². The van der Waals surface area contributed by atoms with Crippen LogP contribution < -0.4 is 0 Å². The summed E-state index contributed by atoms with van der Waals surface area (Å²) in [4.78, 5) is 28.5. The lowest BCUT2D eigenvalue weighted by Gasteiger charge is -2.44. The molecule has 0 aromatic heterocycles. The molecule has 2 fully saturated rings. The molecule has 2 aliphatic heterocycles. The quantitative estimate of drug-likeness (QED) is 0.820. The fraction of sp³-hybridized carbons (Fsp3) is 0.529. The molecule has 1 spiro atoms. The van der Waals surface area contributed by atoms with Gasteiger partial charge >= 0.3 is 0 Å². The van der Waals surface area contributed by atoms with Gasteiger partial charge < -0.3 is 9.80 Å². The second-order valence-electron chi connectivity index (χ2n) is 5.99. The standard InChI is InChI=1S/C17H21ClN2O2S/c1-2-15(21)19-9-7-17(8-10-19)20(11-12-23-17)16(22)13-3-5-14(18)6-4-13/h3-6H,2,7-12H2,1H3. The van der Waals surface area contributed by atoms with E-state index in [1.165, 1.54) is 0 Å². The van der Waals surface area contributed by atoms with Gasteiger partial charge in [-0.1, -0.05) is 18.5 Å². The first kappa shape index (κ1) is 16.7. The molecule has 3 rings (SSSR count). The van der Waals surface area contributed by atoms with Crippen LogP contribution in [0.5, 0.6) is 0 Å². The minimum Gasteiger partial charge on any atom is -0.342 e. The molecule has 1 aromatic rings. The Morgan fingerprint density at radius 2 is 1.83 bits per heavy atom. The molecule has 2 saturated heterocycles. The van der Waals surface area contributed by atoms with Crippen molar-refractivity contribution in [2.75, 3.05) is 25.4 Å². The number of likely N-dealkylation sites (tertiary alicyclic amines) is 1. The maximum Gasteiger partial charge on any atom is 0.254 e. The van der Waals surface area contributed by atoms with E-state index >= 15 is 0 Å². The van der Waals surface area contributed by atoms with Crippen molar-refractivity contribution in [2.45, 2.75) is 31.1 Å². The number of halogens is 1. The van der Waals surface area contributed by atoms with Crippen molar-refractivity contribution in [2.24, 2.45) is 0 Å². The van der Waals surface area contributed by atoms with Gasteiger partial charge in [-0.2, -0.15) is 0 Å². The van der Waals surface area contributed by atoms with Crippen LogP contribution in [0, 0.1) is 0 Å². The van der Waals surface area contributed by atoms with Crippen molar-refractivity contribution in [3.8, 4) is 0 Å². The molecule has 2 heterocycles. The molecule has 2 amide bonds. The fourth-order valence-electron chi connectivity index (χ4n) is 3.39. The number of benzene rings is 1. The van der Waals surface area contributed by atoms with E-state index in [1.807, 2.05) is 28.5 Å². The minimum atomic E-state index is -0.152. The molecule has 0 saturated carbocycles. The van der Waals surface area contributed by atoms with E-state index in [-0.39, 0.29) is 16.7 Å². The molecule has 1 aromatic carbocycles. The van der Waals surface area contributed by atoms with Crippen molar-refractivity contribution in [3.05, 3.63) is 34.9 Å². The molecule has 124 valence electrons. The molecule has 4 nitrogen and oxygen atoms in total. The number of carbonyl (C=O) groups is 2. The molecule has 0 aliphatic carbocycles. The number of nitrogens with zero attached hydrogens (tertiary/aromatic N) is 2. The molecule has 0 radical (unpaired) electrons. The molecule has 2 aliphatic rings. The van der Waals surface area contributed by atoms with Gasteiger partial charge in [-0.15, -0.1) is 11.8 Å². The number of carbonyl (C=O) groups excluding carboxylic acids is 2. The smallest absolute Gasteiger partial charge is 0.254 e. The summed E-state index contributed by atoms with van der Waals surface area (Å²) in [5, 5.41) is 0.637. The van der Waals surface area contributed by atoms with Crippen molar-refractivity contribution in [1.29, 1.82) is 0 Å². The first-order valence-electron chi connectivity index (χ1n) is 8.05. The number of amides is 2. The lowest BCUT2D eigenvalue weighted by Crippen LogP contribution is -2.53. The van der Waals surface area contributed by atoms with Gasteiger partial charge in [-0.3, -0.25) is 9.59 Å². The van der Waals surface area contributed by atoms with Crippen molar-refractivity contribution in [3.63, 3.8) is 0 Å². The molecule has 0 unspecified atom stereocenters. The van der Waals surface area contributed by atoms with Gasteiger partial charge in [0.2, 0.25) is 5.91 Å². The number of thioether (sulfide) groups is 1. The van der Waals surface area contributed by atoms with Crippen LogP contribution >= 0.6 is 23.4 Å². The monoisotopic (exact) mass is 352 g/mol. The molecule has 6 heteroatoms. The average Bonchev–Trinajstić information content (AvgIpc) is 2.98. The summed E-state index contributed by atoms with van der Waals surface area (Å²) in [5.41, 5.74) is 0.684. The third-order valence-electron chi connectivity index (χ3n) is 4.71. The highest BCUT2D eigenvalue weighted by Gasteiger charge is 2.46. The first-order valence-corrected chi connectivity index (χ1v) is 9.41. The van der Waals surface area contributed by atoms with Crippen molar-refractivity contribution >= 4 is 35.2 Å². The Morgan fingerprint density at radius 1 is 1.17 bits per heavy atom. The lowest BCUT2D eigenvalue weighted by atomic mass is 10.0. The summed E-state index contributed by atoms with van der Waals surface area (Å²) >= 11 is 7.77. The number of rotatable bonds is 2. The molecule has 0 bridgehead atoms. The van der Waals surface area contributed by atoms with Gasteiger partial charge in [0.05, 0.1) is 4.87 Å². The molecular weight excluding hydrogens is 332 g/mol. The Kier molecular flexibility index (Phi) is 4.87. The second kappa shape index (κ2) is 6.73. The topological polar surface area (TPSA) is 40.6 Å². The van der Waals surface area contributed by atoms with Gasteiger partial charge in [0, 0.05) is 42.4 Å². The Bertz CT molecular complexity index is 597. The molecular formula is C17H21ClN2O2S. The van der Waals surface area contributed by atoms with Gasteiger partial charge in [-0.05, 0) is 37.1 Å². The van der Waals surface area contributed by atoms with Crippen LogP contribution in [0.1, 0.15) is 36.5 Å². The zero-order chi connectivity index (χ0) is 16.4. The van der Waals surface area contributed by atoms with Crippen molar-refractivity contribution in [1.82, 2.24) is 9.80 Å². The van der Waals surface area contributed by atoms with E-state index in [4.69, 9.17) is 11.6 Å². The maximum absolute atomic E-state index is 12.9.